The fourth-order valence-corrected chi connectivity index (χ4v) is 1.65. The van der Waals surface area contributed by atoms with Crippen molar-refractivity contribution < 1.29 is 9.18 Å². The van der Waals surface area contributed by atoms with E-state index in [4.69, 9.17) is 5.73 Å². The summed E-state index contributed by atoms with van der Waals surface area (Å²) in [6, 6.07) is 6.09. The first-order valence-corrected chi connectivity index (χ1v) is 6.14. The van der Waals surface area contributed by atoms with E-state index in [9.17, 15) is 9.18 Å². The number of carbonyl (C=O) groups excluding carboxylic acids is 1. The third kappa shape index (κ3) is 3.81. The monoisotopic (exact) mass is 252 g/mol. The van der Waals surface area contributed by atoms with Gasteiger partial charge < -0.3 is 10.6 Å². The van der Waals surface area contributed by atoms with Gasteiger partial charge >= 0.3 is 0 Å². The molecule has 1 aromatic carbocycles. The zero-order valence-electron chi connectivity index (χ0n) is 11.2. The summed E-state index contributed by atoms with van der Waals surface area (Å²) < 4.78 is 13.2. The van der Waals surface area contributed by atoms with Crippen LogP contribution in [-0.4, -0.2) is 19.0 Å². The van der Waals surface area contributed by atoms with Gasteiger partial charge in [0.25, 0.3) is 0 Å². The predicted octanol–water partition coefficient (Wildman–Crippen LogP) is 2.55. The maximum absolute atomic E-state index is 13.2. The lowest BCUT2D eigenvalue weighted by atomic mass is 9.94. The van der Waals surface area contributed by atoms with Gasteiger partial charge in [-0.25, -0.2) is 4.39 Å². The molecule has 1 aromatic rings. The molecule has 0 saturated carbocycles. The lowest BCUT2D eigenvalue weighted by Gasteiger charge is -2.29. The fraction of sp³-hybridized carbons (Fsp3) is 0.500. The van der Waals surface area contributed by atoms with Crippen LogP contribution in [0.1, 0.15) is 27.2 Å². The number of halogens is 1. The minimum Gasteiger partial charge on any atom is -0.330 e. The van der Waals surface area contributed by atoms with E-state index in [1.165, 1.54) is 12.1 Å². The van der Waals surface area contributed by atoms with E-state index in [0.29, 0.717) is 25.2 Å². The summed E-state index contributed by atoms with van der Waals surface area (Å²) in [5.74, 6) is -0.367. The predicted molar refractivity (Wildman–Crippen MR) is 71.9 cm³/mol. The molecule has 0 aromatic heterocycles. The van der Waals surface area contributed by atoms with Gasteiger partial charge in [-0.15, -0.1) is 0 Å². The molecule has 0 aliphatic heterocycles. The van der Waals surface area contributed by atoms with Crippen molar-refractivity contribution in [2.45, 2.75) is 27.2 Å². The van der Waals surface area contributed by atoms with E-state index in [1.807, 2.05) is 20.8 Å². The Morgan fingerprint density at radius 1 is 1.39 bits per heavy atom. The van der Waals surface area contributed by atoms with E-state index >= 15 is 0 Å². The van der Waals surface area contributed by atoms with Crippen molar-refractivity contribution in [3.63, 3.8) is 0 Å². The Bertz CT molecular complexity index is 413. The third-order valence-corrected chi connectivity index (χ3v) is 2.59. The molecule has 0 heterocycles. The average molecular weight is 252 g/mol. The first-order valence-electron chi connectivity index (χ1n) is 6.14. The van der Waals surface area contributed by atoms with Crippen LogP contribution >= 0.6 is 0 Å². The topological polar surface area (TPSA) is 46.3 Å². The summed E-state index contributed by atoms with van der Waals surface area (Å²) in [6.45, 7) is 6.57. The van der Waals surface area contributed by atoms with Crippen LogP contribution in [0.4, 0.5) is 10.1 Å². The van der Waals surface area contributed by atoms with Gasteiger partial charge in [0.2, 0.25) is 5.91 Å². The highest BCUT2D eigenvalue weighted by Crippen LogP contribution is 2.24. The van der Waals surface area contributed by atoms with Crippen LogP contribution in [0.3, 0.4) is 0 Å². The van der Waals surface area contributed by atoms with Crippen LogP contribution in [0.2, 0.25) is 0 Å². The molecule has 1 rings (SSSR count). The maximum atomic E-state index is 13.2. The number of nitrogens with two attached hydrogens (primary N) is 1. The average Bonchev–Trinajstić information content (AvgIpc) is 2.28. The van der Waals surface area contributed by atoms with Crippen molar-refractivity contribution in [2.24, 2.45) is 11.1 Å². The normalized spacial score (nSPS) is 11.4. The molecular formula is C14H21FN2O. The molecule has 0 aliphatic rings. The van der Waals surface area contributed by atoms with Gasteiger partial charge in [-0.2, -0.15) is 0 Å². The van der Waals surface area contributed by atoms with Gasteiger partial charge in [0, 0.05) is 17.6 Å². The van der Waals surface area contributed by atoms with Crippen molar-refractivity contribution in [3.8, 4) is 0 Å². The van der Waals surface area contributed by atoms with E-state index in [0.717, 1.165) is 0 Å². The Morgan fingerprint density at radius 3 is 2.56 bits per heavy atom. The van der Waals surface area contributed by atoms with Gasteiger partial charge in [-0.1, -0.05) is 26.8 Å². The Morgan fingerprint density at radius 2 is 2.06 bits per heavy atom. The molecule has 0 fully saturated rings. The van der Waals surface area contributed by atoms with E-state index in [1.54, 1.807) is 17.0 Å². The number of benzene rings is 1. The molecule has 0 aliphatic carbocycles. The first kappa shape index (κ1) is 14.6. The van der Waals surface area contributed by atoms with Crippen molar-refractivity contribution in [1.82, 2.24) is 0 Å². The van der Waals surface area contributed by atoms with Crippen LogP contribution in [-0.2, 0) is 4.79 Å². The van der Waals surface area contributed by atoms with Gasteiger partial charge in [0.1, 0.15) is 5.82 Å². The molecule has 18 heavy (non-hydrogen) atoms. The largest absolute Gasteiger partial charge is 0.330 e. The number of amides is 1. The highest BCUT2D eigenvalue weighted by molar-refractivity contribution is 5.96. The second-order valence-electron chi connectivity index (χ2n) is 5.33. The quantitative estimate of drug-likeness (QED) is 0.895. The fourth-order valence-electron chi connectivity index (χ4n) is 1.65. The lowest BCUT2D eigenvalue weighted by molar-refractivity contribution is -0.125. The minimum absolute atomic E-state index is 0.0263. The van der Waals surface area contributed by atoms with Gasteiger partial charge in [0.15, 0.2) is 0 Å². The van der Waals surface area contributed by atoms with Crippen molar-refractivity contribution in [1.29, 1.82) is 0 Å². The number of hydrogen-bond donors (Lipinski definition) is 1. The molecule has 4 heteroatoms. The summed E-state index contributed by atoms with van der Waals surface area (Å²) in [6.07, 6.45) is 0.693. The molecule has 2 N–H and O–H groups in total. The van der Waals surface area contributed by atoms with Gasteiger partial charge in [-0.3, -0.25) is 4.79 Å². The Kier molecular flexibility index (Phi) is 4.84. The summed E-state index contributed by atoms with van der Waals surface area (Å²) in [7, 11) is 0. The lowest BCUT2D eigenvalue weighted by Crippen LogP contribution is -2.40. The SMILES string of the molecule is CC(C)(C)C(=O)N(CCCN)c1cccc(F)c1. The van der Waals surface area contributed by atoms with Crippen molar-refractivity contribution in [2.75, 3.05) is 18.0 Å². The standard InChI is InChI=1S/C14H21FN2O/c1-14(2,3)13(18)17(9-5-8-16)12-7-4-6-11(15)10-12/h4,6-7,10H,5,8-9,16H2,1-3H3. The molecule has 100 valence electrons. The minimum atomic E-state index is -0.499. The van der Waals surface area contributed by atoms with E-state index in [2.05, 4.69) is 0 Å². The Hall–Kier alpha value is -1.42. The highest BCUT2D eigenvalue weighted by atomic mass is 19.1. The van der Waals surface area contributed by atoms with Crippen LogP contribution in [0.5, 0.6) is 0 Å². The number of carbonyl (C=O) groups is 1. The number of rotatable bonds is 4. The van der Waals surface area contributed by atoms with E-state index < -0.39 is 5.41 Å². The zero-order chi connectivity index (χ0) is 13.8. The molecular weight excluding hydrogens is 231 g/mol. The zero-order valence-corrected chi connectivity index (χ0v) is 11.2. The highest BCUT2D eigenvalue weighted by Gasteiger charge is 2.28. The van der Waals surface area contributed by atoms with Gasteiger partial charge in [-0.05, 0) is 31.2 Å². The molecule has 0 bridgehead atoms. The Balaban J connectivity index is 3.02. The summed E-state index contributed by atoms with van der Waals surface area (Å²) in [5.41, 5.74) is 5.57. The summed E-state index contributed by atoms with van der Waals surface area (Å²) >= 11 is 0. The number of nitrogens with zero attached hydrogens (tertiary/aromatic N) is 1. The first-order chi connectivity index (χ1) is 8.36. The van der Waals surface area contributed by atoms with Crippen molar-refractivity contribution in [3.05, 3.63) is 30.1 Å². The second-order valence-corrected chi connectivity index (χ2v) is 5.33. The van der Waals surface area contributed by atoms with Gasteiger partial charge in [0.05, 0.1) is 0 Å². The summed E-state index contributed by atoms with van der Waals surface area (Å²) in [5, 5.41) is 0. The molecule has 0 atom stereocenters. The molecule has 1 amide bonds. The van der Waals surface area contributed by atoms with Crippen LogP contribution in [0.25, 0.3) is 0 Å². The summed E-state index contributed by atoms with van der Waals surface area (Å²) in [4.78, 5) is 14.0. The molecule has 0 unspecified atom stereocenters. The van der Waals surface area contributed by atoms with E-state index in [-0.39, 0.29) is 11.7 Å². The van der Waals surface area contributed by atoms with Crippen LogP contribution < -0.4 is 10.6 Å². The Labute approximate surface area is 108 Å². The molecule has 0 spiro atoms. The molecule has 0 radical (unpaired) electrons. The van der Waals surface area contributed by atoms with Crippen molar-refractivity contribution >= 4 is 11.6 Å². The third-order valence-electron chi connectivity index (χ3n) is 2.59. The van der Waals surface area contributed by atoms with Crippen LogP contribution in [0.15, 0.2) is 24.3 Å². The molecule has 0 saturated heterocycles. The van der Waals surface area contributed by atoms with Crippen LogP contribution in [0, 0.1) is 11.2 Å². The second kappa shape index (κ2) is 5.96. The number of hydrogen-bond acceptors (Lipinski definition) is 2. The maximum Gasteiger partial charge on any atom is 0.232 e. The smallest absolute Gasteiger partial charge is 0.232 e. The number of anilines is 1. The molecule has 3 nitrogen and oxygen atoms in total.